The van der Waals surface area contributed by atoms with Crippen LogP contribution in [0.1, 0.15) is 48.9 Å². The van der Waals surface area contributed by atoms with E-state index in [0.29, 0.717) is 11.8 Å². The largest absolute Gasteiger partial charge is 0.351 e. The molecule has 2 aliphatic heterocycles. The number of nitrogens with one attached hydrogen (secondary N) is 1. The third-order valence-corrected chi connectivity index (χ3v) is 5.14. The Bertz CT molecular complexity index is 522. The van der Waals surface area contributed by atoms with Crippen molar-refractivity contribution in [1.29, 1.82) is 0 Å². The van der Waals surface area contributed by atoms with E-state index in [2.05, 4.69) is 27.3 Å². The zero-order valence-corrected chi connectivity index (χ0v) is 14.3. The maximum Gasteiger partial charge on any atom is 0.290 e. The number of amides is 1. The molecule has 1 unspecified atom stereocenters. The molecule has 0 spiro atoms. The lowest BCUT2D eigenvalue weighted by atomic mass is 9.98. The Morgan fingerprint density at radius 3 is 2.83 bits per heavy atom. The van der Waals surface area contributed by atoms with Gasteiger partial charge in [0.05, 0.1) is 5.69 Å². The number of aryl methyl sites for hydroxylation is 1. The molecule has 2 saturated heterocycles. The number of carbonyl (C=O) groups is 1. The fourth-order valence-corrected chi connectivity index (χ4v) is 3.66. The van der Waals surface area contributed by atoms with Crippen molar-refractivity contribution in [2.24, 2.45) is 0 Å². The predicted molar refractivity (Wildman–Crippen MR) is 88.5 cm³/mol. The first-order valence-electron chi connectivity index (χ1n) is 8.84. The van der Waals surface area contributed by atoms with Crippen LogP contribution in [-0.2, 0) is 6.42 Å². The van der Waals surface area contributed by atoms with Crippen LogP contribution in [0.2, 0.25) is 0 Å². The fourth-order valence-electron chi connectivity index (χ4n) is 3.66. The molecule has 23 heavy (non-hydrogen) atoms. The van der Waals surface area contributed by atoms with E-state index in [1.807, 2.05) is 6.92 Å². The first kappa shape index (κ1) is 16.5. The van der Waals surface area contributed by atoms with Crippen molar-refractivity contribution in [3.8, 4) is 0 Å². The highest BCUT2D eigenvalue weighted by Crippen LogP contribution is 2.20. The minimum atomic E-state index is -0.132. The van der Waals surface area contributed by atoms with Crippen LogP contribution in [0.4, 0.5) is 0 Å². The van der Waals surface area contributed by atoms with Crippen LogP contribution in [0.5, 0.6) is 0 Å². The number of piperidine rings is 2. The molecule has 1 N–H and O–H groups in total. The van der Waals surface area contributed by atoms with E-state index < -0.39 is 0 Å². The highest BCUT2D eigenvalue weighted by atomic mass is 16.5. The van der Waals surface area contributed by atoms with Crippen molar-refractivity contribution in [1.82, 2.24) is 20.3 Å². The molecule has 6 heteroatoms. The molecule has 0 radical (unpaired) electrons. The molecule has 0 saturated carbocycles. The molecule has 2 aliphatic rings. The number of hydrogen-bond acceptors (Lipinski definition) is 5. The summed E-state index contributed by atoms with van der Waals surface area (Å²) in [5.74, 6) is 0.200. The summed E-state index contributed by atoms with van der Waals surface area (Å²) in [6, 6.07) is 2.63. The Morgan fingerprint density at radius 1 is 1.35 bits per heavy atom. The first-order valence-corrected chi connectivity index (χ1v) is 8.84. The molecule has 1 aromatic heterocycles. The van der Waals surface area contributed by atoms with Gasteiger partial charge in [-0.2, -0.15) is 0 Å². The van der Waals surface area contributed by atoms with Crippen molar-refractivity contribution in [3.63, 3.8) is 0 Å². The molecule has 2 fully saturated rings. The lowest BCUT2D eigenvalue weighted by Gasteiger charge is -2.41. The molecule has 1 aromatic rings. The van der Waals surface area contributed by atoms with Crippen LogP contribution in [0.15, 0.2) is 10.6 Å². The summed E-state index contributed by atoms with van der Waals surface area (Å²) in [4.78, 5) is 17.3. The van der Waals surface area contributed by atoms with Crippen LogP contribution in [0.25, 0.3) is 0 Å². The molecule has 1 atom stereocenters. The summed E-state index contributed by atoms with van der Waals surface area (Å²) in [5.41, 5.74) is 0.826. The lowest BCUT2D eigenvalue weighted by Crippen LogP contribution is -2.53. The van der Waals surface area contributed by atoms with Gasteiger partial charge in [-0.05, 0) is 58.8 Å². The summed E-state index contributed by atoms with van der Waals surface area (Å²) in [5, 5.41) is 7.02. The van der Waals surface area contributed by atoms with Gasteiger partial charge in [-0.25, -0.2) is 0 Å². The fraction of sp³-hybridized carbons (Fsp3) is 0.765. The highest BCUT2D eigenvalue weighted by Gasteiger charge is 2.29. The monoisotopic (exact) mass is 320 g/mol. The van der Waals surface area contributed by atoms with Gasteiger partial charge in [0.1, 0.15) is 0 Å². The van der Waals surface area contributed by atoms with Crippen molar-refractivity contribution >= 4 is 5.91 Å². The van der Waals surface area contributed by atoms with Gasteiger partial charge in [0.2, 0.25) is 5.76 Å². The number of nitrogens with zero attached hydrogens (tertiary/aromatic N) is 3. The number of aromatic nitrogens is 1. The van der Waals surface area contributed by atoms with Crippen LogP contribution in [-0.4, -0.2) is 66.2 Å². The minimum Gasteiger partial charge on any atom is -0.351 e. The number of likely N-dealkylation sites (tertiary alicyclic amines) is 2. The molecule has 1 amide bonds. The standard InChI is InChI=1S/C17H28N4O2/c1-3-13-11-16(23-19-13)17(22)18-14-5-4-8-21(12-14)15-6-9-20(2)10-7-15/h11,14-15H,3-10,12H2,1-2H3,(H,18,22). The number of rotatable bonds is 4. The van der Waals surface area contributed by atoms with Crippen LogP contribution >= 0.6 is 0 Å². The van der Waals surface area contributed by atoms with Gasteiger partial charge in [-0.3, -0.25) is 9.69 Å². The van der Waals surface area contributed by atoms with Gasteiger partial charge >= 0.3 is 0 Å². The maximum absolute atomic E-state index is 12.3. The van der Waals surface area contributed by atoms with Crippen molar-refractivity contribution in [3.05, 3.63) is 17.5 Å². The zero-order valence-electron chi connectivity index (χ0n) is 14.3. The smallest absolute Gasteiger partial charge is 0.290 e. The summed E-state index contributed by atoms with van der Waals surface area (Å²) in [7, 11) is 2.19. The predicted octanol–water partition coefficient (Wildman–Crippen LogP) is 1.53. The Labute approximate surface area is 138 Å². The molecular weight excluding hydrogens is 292 g/mol. The molecule has 6 nitrogen and oxygen atoms in total. The molecule has 0 bridgehead atoms. The number of carbonyl (C=O) groups excluding carboxylic acids is 1. The molecule has 128 valence electrons. The van der Waals surface area contributed by atoms with E-state index >= 15 is 0 Å². The van der Waals surface area contributed by atoms with E-state index in [1.165, 1.54) is 25.9 Å². The first-order chi connectivity index (χ1) is 11.2. The van der Waals surface area contributed by atoms with Crippen molar-refractivity contribution in [2.75, 3.05) is 33.2 Å². The zero-order chi connectivity index (χ0) is 16.2. The van der Waals surface area contributed by atoms with Gasteiger partial charge in [0.15, 0.2) is 0 Å². The Morgan fingerprint density at radius 2 is 2.13 bits per heavy atom. The van der Waals surface area contributed by atoms with E-state index in [-0.39, 0.29) is 11.9 Å². The van der Waals surface area contributed by atoms with Gasteiger partial charge < -0.3 is 14.7 Å². The van der Waals surface area contributed by atoms with Gasteiger partial charge in [-0.1, -0.05) is 12.1 Å². The second kappa shape index (κ2) is 7.45. The highest BCUT2D eigenvalue weighted by molar-refractivity contribution is 5.91. The minimum absolute atomic E-state index is 0.132. The molecular formula is C17H28N4O2. The molecule has 3 rings (SSSR count). The molecule has 0 aliphatic carbocycles. The maximum atomic E-state index is 12.3. The Kier molecular flexibility index (Phi) is 5.33. The summed E-state index contributed by atoms with van der Waals surface area (Å²) in [6.07, 6.45) is 5.44. The van der Waals surface area contributed by atoms with Crippen molar-refractivity contribution in [2.45, 2.75) is 51.1 Å². The Balaban J connectivity index is 1.53. The Hall–Kier alpha value is -1.40. The average molecular weight is 320 g/mol. The third kappa shape index (κ3) is 4.12. The van der Waals surface area contributed by atoms with Crippen LogP contribution < -0.4 is 5.32 Å². The molecule has 0 aromatic carbocycles. The van der Waals surface area contributed by atoms with Gasteiger partial charge in [0.25, 0.3) is 5.91 Å². The number of hydrogen-bond donors (Lipinski definition) is 1. The van der Waals surface area contributed by atoms with Crippen LogP contribution in [0.3, 0.4) is 0 Å². The molecule has 3 heterocycles. The van der Waals surface area contributed by atoms with Gasteiger partial charge in [-0.15, -0.1) is 0 Å². The van der Waals surface area contributed by atoms with Gasteiger partial charge in [0, 0.05) is 24.7 Å². The second-order valence-corrected chi connectivity index (χ2v) is 6.88. The normalized spacial score (nSPS) is 24.7. The summed E-state index contributed by atoms with van der Waals surface area (Å²) in [6.45, 7) is 6.46. The van der Waals surface area contributed by atoms with Crippen molar-refractivity contribution < 1.29 is 9.32 Å². The third-order valence-electron chi connectivity index (χ3n) is 5.14. The van der Waals surface area contributed by atoms with E-state index in [9.17, 15) is 4.79 Å². The second-order valence-electron chi connectivity index (χ2n) is 6.88. The topological polar surface area (TPSA) is 61.6 Å². The summed E-state index contributed by atoms with van der Waals surface area (Å²) < 4.78 is 5.13. The quantitative estimate of drug-likeness (QED) is 0.911. The summed E-state index contributed by atoms with van der Waals surface area (Å²) >= 11 is 0. The average Bonchev–Trinajstić information content (AvgIpc) is 3.05. The van der Waals surface area contributed by atoms with E-state index in [1.54, 1.807) is 6.07 Å². The van der Waals surface area contributed by atoms with E-state index in [0.717, 1.165) is 38.0 Å². The SMILES string of the molecule is CCc1cc(C(=O)NC2CCCN(C3CCN(C)CC3)C2)on1. The van der Waals surface area contributed by atoms with Crippen LogP contribution in [0, 0.1) is 0 Å². The lowest BCUT2D eigenvalue weighted by molar-refractivity contribution is 0.0744. The van der Waals surface area contributed by atoms with E-state index in [4.69, 9.17) is 4.52 Å².